The molecule has 1 amide bonds. The fourth-order valence-electron chi connectivity index (χ4n) is 3.09. The zero-order chi connectivity index (χ0) is 19.6. The first-order valence-corrected chi connectivity index (χ1v) is 11.0. The van der Waals surface area contributed by atoms with Crippen LogP contribution in [0, 0.1) is 0 Å². The summed E-state index contributed by atoms with van der Waals surface area (Å²) < 4.78 is 0. The maximum Gasteiger partial charge on any atom is 0.246 e. The Morgan fingerprint density at radius 3 is 1.65 bits per heavy atom. The van der Waals surface area contributed by atoms with Gasteiger partial charge < -0.3 is 14.7 Å². The number of carbonyl (C=O) groups excluding carboxylic acids is 1. The molecular formula is C22H45N3O. The lowest BCUT2D eigenvalue weighted by Crippen LogP contribution is -2.42. The second kappa shape index (κ2) is 17.5. The van der Waals surface area contributed by atoms with Gasteiger partial charge in [-0.25, -0.2) is 0 Å². The first-order chi connectivity index (χ1) is 12.6. The van der Waals surface area contributed by atoms with E-state index in [0.717, 1.165) is 58.8 Å². The monoisotopic (exact) mass is 367 g/mol. The number of unbranched alkanes of at least 4 members (excludes halogenated alkanes) is 5. The van der Waals surface area contributed by atoms with Crippen LogP contribution in [0.25, 0.3) is 0 Å². The largest absolute Gasteiger partial charge is 0.337 e. The van der Waals surface area contributed by atoms with Gasteiger partial charge in [-0.2, -0.15) is 0 Å². The summed E-state index contributed by atoms with van der Waals surface area (Å²) in [5.41, 5.74) is 0. The second-order valence-electron chi connectivity index (χ2n) is 6.98. The molecule has 0 rings (SSSR count). The predicted octanol–water partition coefficient (Wildman–Crippen LogP) is 4.42. The van der Waals surface area contributed by atoms with Crippen molar-refractivity contribution in [2.24, 2.45) is 0 Å². The van der Waals surface area contributed by atoms with Crippen LogP contribution in [-0.2, 0) is 4.79 Å². The zero-order valence-electron chi connectivity index (χ0n) is 18.3. The molecular weight excluding hydrogens is 322 g/mol. The van der Waals surface area contributed by atoms with Gasteiger partial charge >= 0.3 is 0 Å². The minimum absolute atomic E-state index is 0.179. The highest BCUT2D eigenvalue weighted by Crippen LogP contribution is 2.06. The molecule has 0 aromatic carbocycles. The van der Waals surface area contributed by atoms with E-state index in [4.69, 9.17) is 0 Å². The van der Waals surface area contributed by atoms with E-state index < -0.39 is 0 Å². The summed E-state index contributed by atoms with van der Waals surface area (Å²) in [6.07, 6.45) is 11.3. The maximum absolute atomic E-state index is 12.7. The number of hydrogen-bond acceptors (Lipinski definition) is 3. The molecule has 4 nitrogen and oxygen atoms in total. The minimum Gasteiger partial charge on any atom is -0.337 e. The van der Waals surface area contributed by atoms with Crippen molar-refractivity contribution in [1.29, 1.82) is 0 Å². The summed E-state index contributed by atoms with van der Waals surface area (Å²) >= 11 is 0. The first-order valence-electron chi connectivity index (χ1n) is 11.0. The van der Waals surface area contributed by atoms with Crippen molar-refractivity contribution >= 4 is 5.91 Å². The summed E-state index contributed by atoms with van der Waals surface area (Å²) in [4.78, 5) is 19.5. The van der Waals surface area contributed by atoms with Gasteiger partial charge in [-0.05, 0) is 45.1 Å². The Balaban J connectivity index is 4.46. The van der Waals surface area contributed by atoms with Crippen molar-refractivity contribution in [2.45, 2.75) is 73.1 Å². The van der Waals surface area contributed by atoms with Gasteiger partial charge in [-0.15, -0.1) is 0 Å². The van der Waals surface area contributed by atoms with Crippen molar-refractivity contribution in [2.75, 3.05) is 52.4 Å². The van der Waals surface area contributed by atoms with Crippen molar-refractivity contribution in [3.63, 3.8) is 0 Å². The van der Waals surface area contributed by atoms with Crippen LogP contribution in [0.4, 0.5) is 0 Å². The van der Waals surface area contributed by atoms with E-state index >= 15 is 0 Å². The number of allylic oxidation sites excluding steroid dienone is 1. The highest BCUT2D eigenvalue weighted by Gasteiger charge is 2.13. The molecule has 0 unspecified atom stereocenters. The van der Waals surface area contributed by atoms with Crippen LogP contribution < -0.4 is 0 Å². The molecule has 0 fully saturated rings. The predicted molar refractivity (Wildman–Crippen MR) is 115 cm³/mol. The van der Waals surface area contributed by atoms with Gasteiger partial charge in [0.2, 0.25) is 5.91 Å². The Hall–Kier alpha value is -0.870. The fourth-order valence-corrected chi connectivity index (χ4v) is 3.09. The molecule has 0 atom stereocenters. The molecule has 0 aliphatic rings. The Bertz CT molecular complexity index is 333. The van der Waals surface area contributed by atoms with E-state index in [-0.39, 0.29) is 5.91 Å². The highest BCUT2D eigenvalue weighted by atomic mass is 16.2. The van der Waals surface area contributed by atoms with Gasteiger partial charge in [0.15, 0.2) is 0 Å². The molecule has 4 heteroatoms. The molecule has 0 aromatic heterocycles. The Morgan fingerprint density at radius 2 is 1.19 bits per heavy atom. The van der Waals surface area contributed by atoms with E-state index in [1.165, 1.54) is 32.1 Å². The summed E-state index contributed by atoms with van der Waals surface area (Å²) in [6.45, 7) is 18.7. The lowest BCUT2D eigenvalue weighted by atomic mass is 10.1. The van der Waals surface area contributed by atoms with Gasteiger partial charge in [-0.3, -0.25) is 4.79 Å². The van der Waals surface area contributed by atoms with E-state index in [1.54, 1.807) is 0 Å². The topological polar surface area (TPSA) is 26.8 Å². The van der Waals surface area contributed by atoms with Crippen LogP contribution in [0.2, 0.25) is 0 Å². The van der Waals surface area contributed by atoms with E-state index in [0.29, 0.717) is 0 Å². The van der Waals surface area contributed by atoms with Crippen LogP contribution in [-0.4, -0.2) is 73.0 Å². The lowest BCUT2D eigenvalue weighted by molar-refractivity contribution is -0.126. The molecule has 0 saturated carbocycles. The second-order valence-corrected chi connectivity index (χ2v) is 6.98. The molecule has 26 heavy (non-hydrogen) atoms. The average molecular weight is 368 g/mol. The molecule has 0 spiro atoms. The SMILES string of the molecule is CCCCCCC/C=C/C(=O)N(CCN(CC)CC)CCN(CC)CC. The molecule has 0 radical (unpaired) electrons. The third-order valence-electron chi connectivity index (χ3n) is 5.21. The van der Waals surface area contributed by atoms with E-state index in [1.807, 2.05) is 11.0 Å². The van der Waals surface area contributed by atoms with Crippen LogP contribution in [0.1, 0.15) is 73.1 Å². The van der Waals surface area contributed by atoms with Gasteiger partial charge in [0.05, 0.1) is 0 Å². The van der Waals surface area contributed by atoms with Crippen molar-refractivity contribution < 1.29 is 4.79 Å². The lowest BCUT2D eigenvalue weighted by Gasteiger charge is -2.28. The molecule has 0 bridgehead atoms. The van der Waals surface area contributed by atoms with Crippen LogP contribution in [0.5, 0.6) is 0 Å². The van der Waals surface area contributed by atoms with Crippen molar-refractivity contribution in [3.8, 4) is 0 Å². The quantitative estimate of drug-likeness (QED) is 0.281. The maximum atomic E-state index is 12.7. The van der Waals surface area contributed by atoms with Gasteiger partial charge in [-0.1, -0.05) is 66.4 Å². The normalized spacial score (nSPS) is 11.8. The van der Waals surface area contributed by atoms with Crippen LogP contribution in [0.15, 0.2) is 12.2 Å². The van der Waals surface area contributed by atoms with Crippen molar-refractivity contribution in [3.05, 3.63) is 12.2 Å². The average Bonchev–Trinajstić information content (AvgIpc) is 2.66. The molecule has 0 saturated heterocycles. The number of hydrogen-bond donors (Lipinski definition) is 0. The summed E-state index contributed by atoms with van der Waals surface area (Å²) in [6, 6.07) is 0. The minimum atomic E-state index is 0.179. The molecule has 0 aliphatic carbocycles. The standard InChI is InChI=1S/C22H45N3O/c1-6-11-12-13-14-15-16-17-22(26)25(20-18-23(7-2)8-3)21-19-24(9-4)10-5/h16-17H,6-15,18-21H2,1-5H3/b17-16+. The van der Waals surface area contributed by atoms with Crippen LogP contribution in [0.3, 0.4) is 0 Å². The number of carbonyl (C=O) groups is 1. The Morgan fingerprint density at radius 1 is 0.692 bits per heavy atom. The molecule has 0 aliphatic heterocycles. The highest BCUT2D eigenvalue weighted by molar-refractivity contribution is 5.87. The summed E-state index contributed by atoms with van der Waals surface area (Å²) in [5, 5.41) is 0. The van der Waals surface area contributed by atoms with Crippen LogP contribution >= 0.6 is 0 Å². The Labute approximate surface area is 163 Å². The molecule has 154 valence electrons. The number of nitrogens with zero attached hydrogens (tertiary/aromatic N) is 3. The third kappa shape index (κ3) is 12.5. The third-order valence-corrected chi connectivity index (χ3v) is 5.21. The summed E-state index contributed by atoms with van der Waals surface area (Å²) in [7, 11) is 0. The van der Waals surface area contributed by atoms with Crippen molar-refractivity contribution in [1.82, 2.24) is 14.7 Å². The number of amides is 1. The first kappa shape index (κ1) is 25.1. The Kier molecular flexibility index (Phi) is 17.0. The van der Waals surface area contributed by atoms with E-state index in [9.17, 15) is 4.79 Å². The number of likely N-dealkylation sites (N-methyl/N-ethyl adjacent to an activating group) is 2. The fraction of sp³-hybridized carbons (Fsp3) is 0.864. The summed E-state index contributed by atoms with van der Waals surface area (Å²) in [5.74, 6) is 0.179. The van der Waals surface area contributed by atoms with Gasteiger partial charge in [0.25, 0.3) is 0 Å². The molecule has 0 aromatic rings. The molecule has 0 N–H and O–H groups in total. The van der Waals surface area contributed by atoms with E-state index in [2.05, 4.69) is 50.5 Å². The number of rotatable bonds is 17. The van der Waals surface area contributed by atoms with Gasteiger partial charge in [0, 0.05) is 26.2 Å². The molecule has 0 heterocycles. The smallest absolute Gasteiger partial charge is 0.246 e. The van der Waals surface area contributed by atoms with Gasteiger partial charge in [0.1, 0.15) is 0 Å². The zero-order valence-corrected chi connectivity index (χ0v) is 18.3.